The number of urea groups is 1. The largest absolute Gasteiger partial charge is 0.479 e. The minimum atomic E-state index is -1.34. The molecule has 3 N–H and O–H groups in total. The van der Waals surface area contributed by atoms with E-state index in [0.717, 1.165) is 12.8 Å². The summed E-state index contributed by atoms with van der Waals surface area (Å²) in [6.45, 7) is 0.516. The van der Waals surface area contributed by atoms with Crippen molar-refractivity contribution >= 4 is 12.0 Å². The SMILES string of the molecule is CN(CC1(O)CCCC1)C(=O)NC1(C(=O)O)CCOC1. The van der Waals surface area contributed by atoms with Crippen LogP contribution >= 0.6 is 0 Å². The standard InChI is InChI=1S/C13H22N2O5/c1-15(8-12(19)4-2-3-5-12)11(18)14-13(10(16)17)6-7-20-9-13/h19H,2-9H2,1H3,(H,14,18)(H,16,17). The van der Waals surface area contributed by atoms with Crippen LogP contribution in [0.4, 0.5) is 4.79 Å². The van der Waals surface area contributed by atoms with E-state index in [4.69, 9.17) is 4.74 Å². The molecule has 7 heteroatoms. The summed E-state index contributed by atoms with van der Waals surface area (Å²) in [5, 5.41) is 22.1. The zero-order valence-corrected chi connectivity index (χ0v) is 11.7. The molecular formula is C13H22N2O5. The molecule has 1 atom stereocenters. The number of ether oxygens (including phenoxy) is 1. The van der Waals surface area contributed by atoms with Gasteiger partial charge in [-0.2, -0.15) is 0 Å². The molecule has 1 aliphatic carbocycles. The number of carbonyl (C=O) groups excluding carboxylic acids is 1. The van der Waals surface area contributed by atoms with Crippen molar-refractivity contribution in [2.45, 2.75) is 43.2 Å². The van der Waals surface area contributed by atoms with Gasteiger partial charge in [-0.3, -0.25) is 0 Å². The molecular weight excluding hydrogens is 264 g/mol. The van der Waals surface area contributed by atoms with E-state index in [0.29, 0.717) is 19.4 Å². The summed E-state index contributed by atoms with van der Waals surface area (Å²) in [6, 6.07) is -0.488. The van der Waals surface area contributed by atoms with Crippen LogP contribution < -0.4 is 5.32 Å². The highest BCUT2D eigenvalue weighted by atomic mass is 16.5. The minimum Gasteiger partial charge on any atom is -0.479 e. The second kappa shape index (κ2) is 5.57. The van der Waals surface area contributed by atoms with E-state index in [-0.39, 0.29) is 19.6 Å². The first-order chi connectivity index (χ1) is 9.37. The van der Waals surface area contributed by atoms with Gasteiger partial charge in [0.25, 0.3) is 0 Å². The summed E-state index contributed by atoms with van der Waals surface area (Å²) in [5.74, 6) is -1.09. The molecule has 0 spiro atoms. The molecule has 2 aliphatic rings. The number of carbonyl (C=O) groups is 2. The average molecular weight is 286 g/mol. The molecule has 2 rings (SSSR count). The Labute approximate surface area is 117 Å². The molecule has 2 amide bonds. The molecule has 1 heterocycles. The second-order valence-corrected chi connectivity index (χ2v) is 5.91. The molecule has 20 heavy (non-hydrogen) atoms. The Morgan fingerprint density at radius 3 is 2.45 bits per heavy atom. The molecule has 1 aliphatic heterocycles. The van der Waals surface area contributed by atoms with E-state index in [1.54, 1.807) is 7.05 Å². The number of nitrogens with one attached hydrogen (secondary N) is 1. The van der Waals surface area contributed by atoms with Crippen LogP contribution in [0, 0.1) is 0 Å². The lowest BCUT2D eigenvalue weighted by Crippen LogP contribution is -2.59. The molecule has 0 aromatic carbocycles. The maximum Gasteiger partial charge on any atom is 0.332 e. The molecule has 1 unspecified atom stereocenters. The number of aliphatic hydroxyl groups is 1. The smallest absolute Gasteiger partial charge is 0.332 e. The van der Waals surface area contributed by atoms with Gasteiger partial charge >= 0.3 is 12.0 Å². The molecule has 2 fully saturated rings. The Balaban J connectivity index is 1.95. The number of carboxylic acids is 1. The molecule has 7 nitrogen and oxygen atoms in total. The maximum absolute atomic E-state index is 12.1. The zero-order chi connectivity index (χ0) is 14.8. The van der Waals surface area contributed by atoms with Gasteiger partial charge in [-0.15, -0.1) is 0 Å². The number of amides is 2. The minimum absolute atomic E-state index is 0.0216. The lowest BCUT2D eigenvalue weighted by Gasteiger charge is -2.31. The van der Waals surface area contributed by atoms with Crippen LogP contribution in [-0.2, 0) is 9.53 Å². The Hall–Kier alpha value is -1.34. The van der Waals surface area contributed by atoms with Crippen molar-refractivity contribution in [1.82, 2.24) is 10.2 Å². The Morgan fingerprint density at radius 1 is 1.30 bits per heavy atom. The first-order valence-electron chi connectivity index (χ1n) is 6.94. The van der Waals surface area contributed by atoms with Crippen LogP contribution in [0.5, 0.6) is 0 Å². The van der Waals surface area contributed by atoms with Gasteiger partial charge in [0.2, 0.25) is 0 Å². The molecule has 1 saturated carbocycles. The van der Waals surface area contributed by atoms with E-state index < -0.39 is 23.1 Å². The highest BCUT2D eigenvalue weighted by Gasteiger charge is 2.45. The van der Waals surface area contributed by atoms with Crippen molar-refractivity contribution in [2.24, 2.45) is 0 Å². The Kier molecular flexibility index (Phi) is 4.19. The number of aliphatic carboxylic acids is 1. The van der Waals surface area contributed by atoms with Gasteiger partial charge in [0, 0.05) is 20.1 Å². The lowest BCUT2D eigenvalue weighted by atomic mass is 9.99. The quantitative estimate of drug-likeness (QED) is 0.684. The molecule has 1 saturated heterocycles. The van der Waals surface area contributed by atoms with Crippen LogP contribution in [0.2, 0.25) is 0 Å². The summed E-state index contributed by atoms with van der Waals surface area (Å²) in [5.41, 5.74) is -2.18. The van der Waals surface area contributed by atoms with E-state index >= 15 is 0 Å². The number of hydrogen-bond donors (Lipinski definition) is 3. The summed E-state index contributed by atoms with van der Waals surface area (Å²) in [7, 11) is 1.57. The third kappa shape index (κ3) is 3.04. The first-order valence-corrected chi connectivity index (χ1v) is 6.94. The van der Waals surface area contributed by atoms with Gasteiger partial charge in [-0.1, -0.05) is 12.8 Å². The third-order valence-electron chi connectivity index (χ3n) is 4.19. The Morgan fingerprint density at radius 2 is 1.95 bits per heavy atom. The van der Waals surface area contributed by atoms with Crippen LogP contribution in [-0.4, -0.2) is 65.1 Å². The molecule has 0 bridgehead atoms. The molecule has 0 aromatic heterocycles. The lowest BCUT2D eigenvalue weighted by molar-refractivity contribution is -0.144. The number of likely N-dealkylation sites (N-methyl/N-ethyl adjacent to an activating group) is 1. The van der Waals surface area contributed by atoms with E-state index in [1.807, 2.05) is 0 Å². The fraction of sp³-hybridized carbons (Fsp3) is 0.846. The van der Waals surface area contributed by atoms with Gasteiger partial charge in [0.05, 0.1) is 18.8 Å². The average Bonchev–Trinajstić information content (AvgIpc) is 2.99. The number of rotatable bonds is 4. The van der Waals surface area contributed by atoms with Crippen molar-refractivity contribution in [1.29, 1.82) is 0 Å². The van der Waals surface area contributed by atoms with Gasteiger partial charge in [-0.25, -0.2) is 9.59 Å². The third-order valence-corrected chi connectivity index (χ3v) is 4.19. The van der Waals surface area contributed by atoms with Crippen LogP contribution in [0.1, 0.15) is 32.1 Å². The van der Waals surface area contributed by atoms with E-state index in [9.17, 15) is 19.8 Å². The normalized spacial score (nSPS) is 28.3. The van der Waals surface area contributed by atoms with Gasteiger partial charge < -0.3 is 25.2 Å². The van der Waals surface area contributed by atoms with Crippen LogP contribution in [0.3, 0.4) is 0 Å². The first kappa shape index (κ1) is 15.1. The summed E-state index contributed by atoms with van der Waals surface area (Å²) in [6.07, 6.45) is 3.53. The number of carboxylic acid groups (broad SMARTS) is 1. The van der Waals surface area contributed by atoms with Crippen molar-refractivity contribution in [3.8, 4) is 0 Å². The fourth-order valence-electron chi connectivity index (χ4n) is 2.89. The van der Waals surface area contributed by atoms with Crippen molar-refractivity contribution < 1.29 is 24.5 Å². The van der Waals surface area contributed by atoms with Crippen LogP contribution in [0.15, 0.2) is 0 Å². The second-order valence-electron chi connectivity index (χ2n) is 5.91. The summed E-state index contributed by atoms with van der Waals surface area (Å²) < 4.78 is 5.09. The highest BCUT2D eigenvalue weighted by molar-refractivity contribution is 5.86. The van der Waals surface area contributed by atoms with Crippen LogP contribution in [0.25, 0.3) is 0 Å². The maximum atomic E-state index is 12.1. The summed E-state index contributed by atoms with van der Waals surface area (Å²) in [4.78, 5) is 24.8. The van der Waals surface area contributed by atoms with Gasteiger partial charge in [0.15, 0.2) is 5.54 Å². The molecule has 0 radical (unpaired) electrons. The summed E-state index contributed by atoms with van der Waals surface area (Å²) >= 11 is 0. The number of nitrogens with zero attached hydrogens (tertiary/aromatic N) is 1. The predicted molar refractivity (Wildman–Crippen MR) is 70.4 cm³/mol. The zero-order valence-electron chi connectivity index (χ0n) is 11.7. The highest BCUT2D eigenvalue weighted by Crippen LogP contribution is 2.30. The van der Waals surface area contributed by atoms with Gasteiger partial charge in [0.1, 0.15) is 0 Å². The topological polar surface area (TPSA) is 99.1 Å². The van der Waals surface area contributed by atoms with E-state index in [1.165, 1.54) is 4.90 Å². The van der Waals surface area contributed by atoms with Crippen molar-refractivity contribution in [3.05, 3.63) is 0 Å². The molecule has 0 aromatic rings. The molecule has 114 valence electrons. The predicted octanol–water partition coefficient (Wildman–Crippen LogP) is 0.177. The van der Waals surface area contributed by atoms with Crippen molar-refractivity contribution in [3.63, 3.8) is 0 Å². The fourth-order valence-corrected chi connectivity index (χ4v) is 2.89. The van der Waals surface area contributed by atoms with Gasteiger partial charge in [-0.05, 0) is 12.8 Å². The number of hydrogen-bond acceptors (Lipinski definition) is 4. The van der Waals surface area contributed by atoms with E-state index in [2.05, 4.69) is 5.32 Å². The Bertz CT molecular complexity index is 386. The van der Waals surface area contributed by atoms with Crippen molar-refractivity contribution in [2.75, 3.05) is 26.8 Å². The monoisotopic (exact) mass is 286 g/mol.